The molecule has 1 aliphatic heterocycles. The molecule has 4 aromatic rings. The van der Waals surface area contributed by atoms with Crippen molar-refractivity contribution in [3.8, 4) is 0 Å². The maximum Gasteiger partial charge on any atom is 0.251 e. The highest BCUT2D eigenvalue weighted by atomic mass is 32.2. The average Bonchev–Trinajstić information content (AvgIpc) is 3.44. The smallest absolute Gasteiger partial charge is 0.251 e. The van der Waals surface area contributed by atoms with Crippen molar-refractivity contribution in [2.24, 2.45) is 0 Å². The van der Waals surface area contributed by atoms with E-state index in [1.165, 1.54) is 27.6 Å². The highest BCUT2D eigenvalue weighted by molar-refractivity contribution is 8.00. The van der Waals surface area contributed by atoms with Crippen LogP contribution in [0.15, 0.2) is 71.1 Å². The second-order valence-corrected chi connectivity index (χ2v) is 9.11. The molecule has 1 atom stereocenters. The molecule has 1 aliphatic rings. The molecule has 0 fully saturated rings. The molecule has 0 unspecified atom stereocenters. The number of thiophene rings is 1. The second kappa shape index (κ2) is 8.01. The number of hydrogen-bond acceptors (Lipinski definition) is 4. The number of thioether (sulfide) groups is 1. The molecular formula is C23H19N3O2S2. The average molecular weight is 434 g/mol. The van der Waals surface area contributed by atoms with Crippen molar-refractivity contribution in [2.45, 2.75) is 10.8 Å². The predicted molar refractivity (Wildman–Crippen MR) is 123 cm³/mol. The van der Waals surface area contributed by atoms with E-state index in [4.69, 9.17) is 0 Å². The maximum absolute atomic E-state index is 12.9. The van der Waals surface area contributed by atoms with Crippen LogP contribution in [-0.4, -0.2) is 29.1 Å². The number of fused-ring (bicyclic) bond motifs is 2. The van der Waals surface area contributed by atoms with Crippen LogP contribution >= 0.6 is 23.1 Å². The first kappa shape index (κ1) is 19.0. The zero-order chi connectivity index (χ0) is 20.5. The summed E-state index contributed by atoms with van der Waals surface area (Å²) in [5, 5.41) is 9.16. The van der Waals surface area contributed by atoms with E-state index in [1.807, 2.05) is 36.5 Å². The molecule has 0 bridgehead atoms. The van der Waals surface area contributed by atoms with E-state index in [0.29, 0.717) is 23.5 Å². The van der Waals surface area contributed by atoms with Gasteiger partial charge in [0, 0.05) is 44.9 Å². The van der Waals surface area contributed by atoms with Crippen LogP contribution in [0.5, 0.6) is 0 Å². The molecule has 0 aliphatic carbocycles. The number of benzene rings is 2. The van der Waals surface area contributed by atoms with Gasteiger partial charge in [-0.2, -0.15) is 0 Å². The molecule has 5 nitrogen and oxygen atoms in total. The molecule has 2 amide bonds. The van der Waals surface area contributed by atoms with Crippen molar-refractivity contribution in [3.05, 3.63) is 82.2 Å². The zero-order valence-corrected chi connectivity index (χ0v) is 17.6. The summed E-state index contributed by atoms with van der Waals surface area (Å²) >= 11 is 3.18. The van der Waals surface area contributed by atoms with Gasteiger partial charge in [-0.05, 0) is 41.3 Å². The van der Waals surface area contributed by atoms with Crippen LogP contribution in [-0.2, 0) is 4.79 Å². The van der Waals surface area contributed by atoms with Gasteiger partial charge in [0.1, 0.15) is 0 Å². The molecule has 0 radical (unpaired) electrons. The third-order valence-corrected chi connectivity index (χ3v) is 7.28. The molecule has 0 saturated heterocycles. The van der Waals surface area contributed by atoms with Crippen LogP contribution in [0.2, 0.25) is 0 Å². The number of H-pyrrole nitrogens is 1. The number of aromatic nitrogens is 1. The Kier molecular flexibility index (Phi) is 5.06. The first-order valence-corrected chi connectivity index (χ1v) is 11.5. The van der Waals surface area contributed by atoms with Crippen molar-refractivity contribution >= 4 is 51.5 Å². The molecule has 3 N–H and O–H groups in total. The van der Waals surface area contributed by atoms with Crippen LogP contribution in [0.1, 0.15) is 26.7 Å². The number of para-hydroxylation sites is 1. The summed E-state index contributed by atoms with van der Waals surface area (Å²) in [7, 11) is 0. The number of carbonyl (C=O) groups is 2. The monoisotopic (exact) mass is 433 g/mol. The van der Waals surface area contributed by atoms with E-state index in [0.717, 1.165) is 10.4 Å². The van der Waals surface area contributed by atoms with Gasteiger partial charge in [-0.3, -0.25) is 9.59 Å². The fraction of sp³-hybridized carbons (Fsp3) is 0.130. The number of carbonyl (C=O) groups excluding carboxylic acids is 2. The molecule has 3 heterocycles. The molecule has 7 heteroatoms. The summed E-state index contributed by atoms with van der Waals surface area (Å²) in [4.78, 5) is 30.1. The lowest BCUT2D eigenvalue weighted by atomic mass is 9.96. The molecule has 30 heavy (non-hydrogen) atoms. The van der Waals surface area contributed by atoms with E-state index in [2.05, 4.69) is 39.2 Å². The van der Waals surface area contributed by atoms with Crippen molar-refractivity contribution in [2.75, 3.05) is 17.6 Å². The number of rotatable bonds is 5. The first-order chi connectivity index (χ1) is 14.7. The lowest BCUT2D eigenvalue weighted by molar-refractivity contribution is -0.113. The third-order valence-electron chi connectivity index (χ3n) is 5.22. The van der Waals surface area contributed by atoms with E-state index in [-0.39, 0.29) is 17.7 Å². The van der Waals surface area contributed by atoms with Gasteiger partial charge in [-0.15, -0.1) is 23.1 Å². The van der Waals surface area contributed by atoms with E-state index in [1.54, 1.807) is 17.4 Å². The van der Waals surface area contributed by atoms with Gasteiger partial charge < -0.3 is 15.6 Å². The largest absolute Gasteiger partial charge is 0.361 e. The van der Waals surface area contributed by atoms with Gasteiger partial charge in [0.15, 0.2) is 0 Å². The highest BCUT2D eigenvalue weighted by Gasteiger charge is 2.21. The summed E-state index contributed by atoms with van der Waals surface area (Å²) in [6.07, 6.45) is 2.03. The minimum absolute atomic E-state index is 0.0397. The zero-order valence-electron chi connectivity index (χ0n) is 16.0. The molecule has 150 valence electrons. The minimum atomic E-state index is -0.149. The van der Waals surface area contributed by atoms with Gasteiger partial charge >= 0.3 is 0 Å². The summed E-state index contributed by atoms with van der Waals surface area (Å²) in [5.41, 5.74) is 3.50. The lowest BCUT2D eigenvalue weighted by Crippen LogP contribution is -2.29. The van der Waals surface area contributed by atoms with Gasteiger partial charge in [-0.25, -0.2) is 0 Å². The van der Waals surface area contributed by atoms with Crippen molar-refractivity contribution in [1.82, 2.24) is 10.3 Å². The quantitative estimate of drug-likeness (QED) is 0.422. The molecule has 5 rings (SSSR count). The Morgan fingerprint density at radius 3 is 2.90 bits per heavy atom. The standard InChI is InChI=1S/C23H19N3O2S2/c27-22-13-30-21-8-7-14(10-19(21)26-22)23(28)25-12-17(20-6-3-9-29-20)16-11-24-18-5-2-1-4-15(16)18/h1-11,17,24H,12-13H2,(H,25,28)(H,26,27)/t17-/m0/s1. The lowest BCUT2D eigenvalue weighted by Gasteiger charge is -2.18. The van der Waals surface area contributed by atoms with Crippen LogP contribution < -0.4 is 10.6 Å². The van der Waals surface area contributed by atoms with Gasteiger partial charge in [0.05, 0.1) is 11.4 Å². The Bertz CT molecular complexity index is 1230. The summed E-state index contributed by atoms with van der Waals surface area (Å²) in [6, 6.07) is 17.8. The number of hydrogen-bond donors (Lipinski definition) is 3. The number of nitrogens with one attached hydrogen (secondary N) is 3. The van der Waals surface area contributed by atoms with Crippen LogP contribution in [0.25, 0.3) is 10.9 Å². The topological polar surface area (TPSA) is 74.0 Å². The predicted octanol–water partition coefficient (Wildman–Crippen LogP) is 4.84. The number of aromatic amines is 1. The maximum atomic E-state index is 12.9. The normalized spacial score (nSPS) is 14.2. The fourth-order valence-electron chi connectivity index (χ4n) is 3.76. The number of amides is 2. The van der Waals surface area contributed by atoms with Crippen LogP contribution in [0.3, 0.4) is 0 Å². The van der Waals surface area contributed by atoms with E-state index >= 15 is 0 Å². The Hall–Kier alpha value is -3.03. The molecule has 2 aromatic heterocycles. The summed E-state index contributed by atoms with van der Waals surface area (Å²) < 4.78 is 0. The van der Waals surface area contributed by atoms with Crippen molar-refractivity contribution in [3.63, 3.8) is 0 Å². The Labute approximate surface area is 181 Å². The highest BCUT2D eigenvalue weighted by Crippen LogP contribution is 2.34. The first-order valence-electron chi connectivity index (χ1n) is 9.63. The van der Waals surface area contributed by atoms with Crippen molar-refractivity contribution in [1.29, 1.82) is 0 Å². The Morgan fingerprint density at radius 2 is 2.03 bits per heavy atom. The van der Waals surface area contributed by atoms with Crippen LogP contribution in [0.4, 0.5) is 5.69 Å². The molecule has 0 saturated carbocycles. The fourth-order valence-corrected chi connectivity index (χ4v) is 5.39. The molecular weight excluding hydrogens is 414 g/mol. The SMILES string of the molecule is O=C1CSc2ccc(C(=O)NC[C@H](c3cccs3)c3c[nH]c4ccccc34)cc2N1. The summed E-state index contributed by atoms with van der Waals surface area (Å²) in [6.45, 7) is 0.486. The van der Waals surface area contributed by atoms with E-state index in [9.17, 15) is 9.59 Å². The molecule has 0 spiro atoms. The Morgan fingerprint density at radius 1 is 1.13 bits per heavy atom. The van der Waals surface area contributed by atoms with Gasteiger partial charge in [0.25, 0.3) is 5.91 Å². The second-order valence-electron chi connectivity index (χ2n) is 7.12. The van der Waals surface area contributed by atoms with E-state index < -0.39 is 0 Å². The van der Waals surface area contributed by atoms with Gasteiger partial charge in [-0.1, -0.05) is 24.3 Å². The van der Waals surface area contributed by atoms with Crippen molar-refractivity contribution < 1.29 is 9.59 Å². The van der Waals surface area contributed by atoms with Gasteiger partial charge in [0.2, 0.25) is 5.91 Å². The minimum Gasteiger partial charge on any atom is -0.361 e. The summed E-state index contributed by atoms with van der Waals surface area (Å²) in [5.74, 6) is 0.273. The third kappa shape index (κ3) is 3.62. The number of anilines is 1. The Balaban J connectivity index is 1.39. The molecule has 2 aromatic carbocycles. The van der Waals surface area contributed by atoms with Crippen LogP contribution in [0, 0.1) is 0 Å².